The lowest BCUT2D eigenvalue weighted by atomic mass is 10.1. The molecule has 4 rings (SSSR count). The molecule has 4 aromatic rings. The van der Waals surface area contributed by atoms with Crippen molar-refractivity contribution in [3.63, 3.8) is 0 Å². The zero-order chi connectivity index (χ0) is 31.3. The summed E-state index contributed by atoms with van der Waals surface area (Å²) >= 11 is 0. The van der Waals surface area contributed by atoms with Crippen LogP contribution in [0.4, 0.5) is 22.7 Å². The SMILES string of the molecule is O=C(Nc1ccc(Oc2ccc(C(=O)O)c(C(=O)O)c2)c(NC(=O)c2cccc([N+](=O)[O-])c2)c1)c1cccc([N+](=O)[O-])c1. The van der Waals surface area contributed by atoms with E-state index in [1.54, 1.807) is 0 Å². The number of amides is 2. The van der Waals surface area contributed by atoms with Crippen molar-refractivity contribution in [3.8, 4) is 11.5 Å². The summed E-state index contributed by atoms with van der Waals surface area (Å²) in [5.74, 6) is -4.71. The van der Waals surface area contributed by atoms with E-state index in [0.29, 0.717) is 0 Å². The number of carboxylic acids is 2. The predicted octanol–water partition coefficient (Wildman–Crippen LogP) is 5.20. The summed E-state index contributed by atoms with van der Waals surface area (Å²) < 4.78 is 5.75. The van der Waals surface area contributed by atoms with Gasteiger partial charge in [-0.2, -0.15) is 0 Å². The van der Waals surface area contributed by atoms with E-state index in [4.69, 9.17) is 4.74 Å². The van der Waals surface area contributed by atoms with E-state index in [2.05, 4.69) is 10.6 Å². The fourth-order valence-corrected chi connectivity index (χ4v) is 3.79. The maximum Gasteiger partial charge on any atom is 0.336 e. The normalized spacial score (nSPS) is 10.3. The fraction of sp³-hybridized carbons (Fsp3) is 0. The second-order valence-electron chi connectivity index (χ2n) is 8.65. The van der Waals surface area contributed by atoms with Gasteiger partial charge in [-0.15, -0.1) is 0 Å². The Morgan fingerprint density at radius 2 is 1.21 bits per heavy atom. The van der Waals surface area contributed by atoms with E-state index in [1.165, 1.54) is 60.7 Å². The minimum atomic E-state index is -1.53. The average molecular weight is 586 g/mol. The Kier molecular flexibility index (Phi) is 8.36. The van der Waals surface area contributed by atoms with E-state index in [1.807, 2.05) is 0 Å². The molecule has 0 atom stereocenters. The van der Waals surface area contributed by atoms with Gasteiger partial charge in [0.1, 0.15) is 5.75 Å². The number of nitrogens with one attached hydrogen (secondary N) is 2. The minimum Gasteiger partial charge on any atom is -0.478 e. The lowest BCUT2D eigenvalue weighted by molar-refractivity contribution is -0.385. The molecule has 15 heteroatoms. The van der Waals surface area contributed by atoms with Crippen LogP contribution in [0.2, 0.25) is 0 Å². The molecule has 0 heterocycles. The van der Waals surface area contributed by atoms with Crippen molar-refractivity contribution < 1.29 is 44.0 Å². The van der Waals surface area contributed by atoms with Crippen molar-refractivity contribution in [3.05, 3.63) is 127 Å². The Morgan fingerprint density at radius 3 is 1.74 bits per heavy atom. The van der Waals surface area contributed by atoms with Crippen LogP contribution in [0.5, 0.6) is 11.5 Å². The van der Waals surface area contributed by atoms with Gasteiger partial charge in [0.05, 0.1) is 26.7 Å². The van der Waals surface area contributed by atoms with E-state index in [0.717, 1.165) is 24.3 Å². The minimum absolute atomic E-state index is 0.0311. The van der Waals surface area contributed by atoms with Gasteiger partial charge in [0.25, 0.3) is 23.2 Å². The molecule has 4 aromatic carbocycles. The van der Waals surface area contributed by atoms with Gasteiger partial charge in [-0.25, -0.2) is 9.59 Å². The molecule has 0 fully saturated rings. The summed E-state index contributed by atoms with van der Waals surface area (Å²) in [5, 5.41) is 46.0. The number of anilines is 2. The molecule has 2 amide bonds. The number of hydrogen-bond donors (Lipinski definition) is 4. The summed E-state index contributed by atoms with van der Waals surface area (Å²) in [7, 11) is 0. The van der Waals surface area contributed by atoms with Crippen LogP contribution < -0.4 is 15.4 Å². The van der Waals surface area contributed by atoms with E-state index in [9.17, 15) is 49.6 Å². The Labute approximate surface area is 240 Å². The molecule has 0 aromatic heterocycles. The highest BCUT2D eigenvalue weighted by Crippen LogP contribution is 2.34. The number of aromatic carboxylic acids is 2. The topological polar surface area (TPSA) is 228 Å². The van der Waals surface area contributed by atoms with Crippen LogP contribution >= 0.6 is 0 Å². The molecule has 0 aliphatic rings. The first-order chi connectivity index (χ1) is 20.4. The van der Waals surface area contributed by atoms with Crippen molar-refractivity contribution in [1.29, 1.82) is 0 Å². The third kappa shape index (κ3) is 6.93. The molecule has 0 saturated carbocycles. The van der Waals surface area contributed by atoms with Crippen molar-refractivity contribution >= 4 is 46.5 Å². The lowest BCUT2D eigenvalue weighted by Crippen LogP contribution is -2.15. The number of ether oxygens (including phenoxy) is 1. The van der Waals surface area contributed by atoms with E-state index < -0.39 is 44.7 Å². The number of nitrogens with zero attached hydrogens (tertiary/aromatic N) is 2. The van der Waals surface area contributed by atoms with Crippen LogP contribution in [-0.4, -0.2) is 43.8 Å². The van der Waals surface area contributed by atoms with Crippen LogP contribution in [0.3, 0.4) is 0 Å². The van der Waals surface area contributed by atoms with Gasteiger partial charge >= 0.3 is 11.9 Å². The molecule has 0 radical (unpaired) electrons. The average Bonchev–Trinajstić information content (AvgIpc) is 2.98. The molecule has 0 aliphatic heterocycles. The third-order valence-corrected chi connectivity index (χ3v) is 5.80. The van der Waals surface area contributed by atoms with Crippen molar-refractivity contribution in [2.45, 2.75) is 0 Å². The molecule has 216 valence electrons. The van der Waals surface area contributed by atoms with Crippen LogP contribution in [0.25, 0.3) is 0 Å². The maximum absolute atomic E-state index is 13.0. The summed E-state index contributed by atoms with van der Waals surface area (Å²) in [4.78, 5) is 69.7. The maximum atomic E-state index is 13.0. The summed E-state index contributed by atoms with van der Waals surface area (Å²) in [5.41, 5.74) is -1.80. The smallest absolute Gasteiger partial charge is 0.336 e. The Hall–Kier alpha value is -6.64. The van der Waals surface area contributed by atoms with Crippen molar-refractivity contribution in [1.82, 2.24) is 0 Å². The van der Waals surface area contributed by atoms with E-state index in [-0.39, 0.29) is 45.4 Å². The number of nitro benzene ring substituents is 2. The second-order valence-corrected chi connectivity index (χ2v) is 8.65. The first-order valence-electron chi connectivity index (χ1n) is 12.0. The Morgan fingerprint density at radius 1 is 0.651 bits per heavy atom. The molecule has 0 spiro atoms. The van der Waals surface area contributed by atoms with Gasteiger partial charge in [0, 0.05) is 41.1 Å². The molecular weight excluding hydrogens is 568 g/mol. The monoisotopic (exact) mass is 586 g/mol. The molecular formula is C28H18N4O11. The van der Waals surface area contributed by atoms with Crippen molar-refractivity contribution in [2.24, 2.45) is 0 Å². The first kappa shape index (κ1) is 29.3. The molecule has 43 heavy (non-hydrogen) atoms. The number of non-ortho nitro benzene ring substituents is 2. The summed E-state index contributed by atoms with van der Waals surface area (Å²) in [6.07, 6.45) is 0. The molecule has 0 bridgehead atoms. The molecule has 4 N–H and O–H groups in total. The van der Waals surface area contributed by atoms with Gasteiger partial charge in [-0.05, 0) is 48.5 Å². The van der Waals surface area contributed by atoms with Gasteiger partial charge in [0.15, 0.2) is 5.75 Å². The van der Waals surface area contributed by atoms with Crippen molar-refractivity contribution in [2.75, 3.05) is 10.6 Å². The zero-order valence-electron chi connectivity index (χ0n) is 21.5. The van der Waals surface area contributed by atoms with E-state index >= 15 is 0 Å². The number of benzene rings is 4. The van der Waals surface area contributed by atoms with Crippen LogP contribution in [0, 0.1) is 20.2 Å². The van der Waals surface area contributed by atoms with Gasteiger partial charge in [0.2, 0.25) is 0 Å². The summed E-state index contributed by atoms with van der Waals surface area (Å²) in [6, 6.07) is 16.9. The number of carboxylic acid groups (broad SMARTS) is 2. The lowest BCUT2D eigenvalue weighted by Gasteiger charge is -2.15. The van der Waals surface area contributed by atoms with Gasteiger partial charge in [-0.3, -0.25) is 29.8 Å². The molecule has 0 unspecified atom stereocenters. The van der Waals surface area contributed by atoms with Crippen LogP contribution in [-0.2, 0) is 0 Å². The summed E-state index contributed by atoms with van der Waals surface area (Å²) in [6.45, 7) is 0. The van der Waals surface area contributed by atoms with Crippen LogP contribution in [0.1, 0.15) is 41.4 Å². The quantitative estimate of drug-likeness (QED) is 0.139. The number of carbonyl (C=O) groups excluding carboxylic acids is 2. The highest BCUT2D eigenvalue weighted by molar-refractivity contribution is 6.07. The zero-order valence-corrected chi connectivity index (χ0v) is 21.5. The predicted molar refractivity (Wildman–Crippen MR) is 149 cm³/mol. The number of nitro groups is 2. The van der Waals surface area contributed by atoms with Gasteiger partial charge in [-0.1, -0.05) is 12.1 Å². The Bertz CT molecular complexity index is 1820. The second kappa shape index (κ2) is 12.3. The first-order valence-corrected chi connectivity index (χ1v) is 12.0. The molecule has 0 aliphatic carbocycles. The Balaban J connectivity index is 1.70. The fourth-order valence-electron chi connectivity index (χ4n) is 3.79. The molecule has 15 nitrogen and oxygen atoms in total. The van der Waals surface area contributed by atoms with Crippen LogP contribution in [0.15, 0.2) is 84.9 Å². The largest absolute Gasteiger partial charge is 0.478 e. The number of rotatable bonds is 10. The standard InChI is InChI=1S/C28H18N4O11/c33-25(15-3-1-5-18(11-15)31(39)40)29-17-7-10-24(43-20-8-9-21(27(35)36)22(14-20)28(37)38)23(13-17)30-26(34)16-4-2-6-19(12-16)32(41)42/h1-14H,(H,29,33)(H,30,34)(H,35,36)(H,37,38). The highest BCUT2D eigenvalue weighted by Gasteiger charge is 2.20. The van der Waals surface area contributed by atoms with Gasteiger partial charge < -0.3 is 25.6 Å². The highest BCUT2D eigenvalue weighted by atomic mass is 16.6. The number of carbonyl (C=O) groups is 4. The number of hydrogen-bond acceptors (Lipinski definition) is 9. The third-order valence-electron chi connectivity index (χ3n) is 5.80. The molecule has 0 saturated heterocycles.